The number of amides is 1. The molecule has 0 saturated carbocycles. The number of methoxy groups -OCH3 is 2. The molecule has 2 unspecified atom stereocenters. The van der Waals surface area contributed by atoms with Crippen LogP contribution in [0.1, 0.15) is 24.2 Å². The normalized spacial score (nSPS) is 21.4. The van der Waals surface area contributed by atoms with Gasteiger partial charge in [-0.05, 0) is 32.0 Å². The van der Waals surface area contributed by atoms with Crippen LogP contribution in [0.25, 0.3) is 0 Å². The van der Waals surface area contributed by atoms with Crippen molar-refractivity contribution in [1.82, 2.24) is 10.2 Å². The quantitative estimate of drug-likeness (QED) is 0.926. The van der Waals surface area contributed by atoms with Crippen LogP contribution < -0.4 is 14.8 Å². The van der Waals surface area contributed by atoms with E-state index in [4.69, 9.17) is 9.47 Å². The van der Waals surface area contributed by atoms with Gasteiger partial charge >= 0.3 is 0 Å². The van der Waals surface area contributed by atoms with E-state index in [1.54, 1.807) is 32.4 Å². The minimum atomic E-state index is -0.0124. The number of hydrogen-bond donors (Lipinski definition) is 1. The van der Waals surface area contributed by atoms with Crippen molar-refractivity contribution in [2.75, 3.05) is 27.3 Å². The number of nitrogens with one attached hydrogen (secondary N) is 1. The molecule has 1 saturated heterocycles. The van der Waals surface area contributed by atoms with Gasteiger partial charge in [0, 0.05) is 25.2 Å². The second-order valence-corrected chi connectivity index (χ2v) is 5.05. The van der Waals surface area contributed by atoms with Gasteiger partial charge in [-0.3, -0.25) is 4.79 Å². The Morgan fingerprint density at radius 3 is 2.62 bits per heavy atom. The lowest BCUT2D eigenvalue weighted by Gasteiger charge is -2.38. The number of hydrogen-bond acceptors (Lipinski definition) is 4. The van der Waals surface area contributed by atoms with E-state index in [-0.39, 0.29) is 30.4 Å². The molecule has 2 atom stereocenters. The first kappa shape index (κ1) is 17.6. The highest BCUT2D eigenvalue weighted by Crippen LogP contribution is 2.26. The molecule has 1 heterocycles. The lowest BCUT2D eigenvalue weighted by Crippen LogP contribution is -2.57. The van der Waals surface area contributed by atoms with Crippen LogP contribution in [-0.4, -0.2) is 50.2 Å². The standard InChI is InChI=1S/C15H22N2O3.ClH/c1-10-11(2)17(8-7-16-10)15(18)13-9-12(19-3)5-6-14(13)20-4;/h5-6,9-11,16H,7-8H2,1-4H3;1H. The van der Waals surface area contributed by atoms with Gasteiger partial charge in [0.05, 0.1) is 19.8 Å². The van der Waals surface area contributed by atoms with Crippen LogP contribution in [0.3, 0.4) is 0 Å². The van der Waals surface area contributed by atoms with Crippen LogP contribution in [0.5, 0.6) is 11.5 Å². The fourth-order valence-corrected chi connectivity index (χ4v) is 2.48. The average molecular weight is 315 g/mol. The fourth-order valence-electron chi connectivity index (χ4n) is 2.48. The van der Waals surface area contributed by atoms with Crippen LogP contribution in [0.2, 0.25) is 0 Å². The summed E-state index contributed by atoms with van der Waals surface area (Å²) in [7, 11) is 3.16. The minimum absolute atomic E-state index is 0. The van der Waals surface area contributed by atoms with E-state index in [2.05, 4.69) is 19.2 Å². The number of ether oxygens (including phenoxy) is 2. The Labute approximate surface area is 132 Å². The summed E-state index contributed by atoms with van der Waals surface area (Å²) in [6.45, 7) is 5.66. The lowest BCUT2D eigenvalue weighted by molar-refractivity contribution is 0.0599. The number of benzene rings is 1. The second-order valence-electron chi connectivity index (χ2n) is 5.05. The average Bonchev–Trinajstić information content (AvgIpc) is 2.48. The van der Waals surface area contributed by atoms with Crippen LogP contribution in [-0.2, 0) is 0 Å². The van der Waals surface area contributed by atoms with Crippen molar-refractivity contribution in [1.29, 1.82) is 0 Å². The number of piperazine rings is 1. The first-order chi connectivity index (χ1) is 9.58. The monoisotopic (exact) mass is 314 g/mol. The Kier molecular flexibility index (Phi) is 6.30. The molecule has 0 radical (unpaired) electrons. The van der Waals surface area contributed by atoms with Gasteiger partial charge in [-0.15, -0.1) is 12.4 Å². The summed E-state index contributed by atoms with van der Waals surface area (Å²) in [5.74, 6) is 1.22. The molecule has 1 aliphatic rings. The lowest BCUT2D eigenvalue weighted by atomic mass is 10.0. The molecular formula is C15H23ClN2O3. The molecule has 0 spiro atoms. The predicted molar refractivity (Wildman–Crippen MR) is 84.8 cm³/mol. The summed E-state index contributed by atoms with van der Waals surface area (Å²) in [5, 5.41) is 3.37. The van der Waals surface area contributed by atoms with Crippen LogP contribution in [0.15, 0.2) is 18.2 Å². The van der Waals surface area contributed by atoms with Crippen molar-refractivity contribution in [3.05, 3.63) is 23.8 Å². The third-order valence-corrected chi connectivity index (χ3v) is 3.93. The molecule has 2 rings (SSSR count). The molecule has 1 N–H and O–H groups in total. The summed E-state index contributed by atoms with van der Waals surface area (Å²) in [4.78, 5) is 14.7. The largest absolute Gasteiger partial charge is 0.497 e. The van der Waals surface area contributed by atoms with E-state index in [1.165, 1.54) is 0 Å². The first-order valence-electron chi connectivity index (χ1n) is 6.85. The molecule has 1 amide bonds. The molecule has 118 valence electrons. The highest BCUT2D eigenvalue weighted by molar-refractivity contribution is 5.97. The summed E-state index contributed by atoms with van der Waals surface area (Å²) in [6, 6.07) is 5.72. The molecule has 0 aromatic heterocycles. The summed E-state index contributed by atoms with van der Waals surface area (Å²) < 4.78 is 10.5. The molecule has 1 aliphatic heterocycles. The highest BCUT2D eigenvalue weighted by atomic mass is 35.5. The van der Waals surface area contributed by atoms with Gasteiger partial charge < -0.3 is 19.7 Å². The number of nitrogens with zero attached hydrogens (tertiary/aromatic N) is 1. The van der Waals surface area contributed by atoms with Crippen LogP contribution >= 0.6 is 12.4 Å². The number of rotatable bonds is 3. The zero-order valence-electron chi connectivity index (χ0n) is 12.9. The van der Waals surface area contributed by atoms with E-state index >= 15 is 0 Å². The van der Waals surface area contributed by atoms with Crippen LogP contribution in [0.4, 0.5) is 0 Å². The van der Waals surface area contributed by atoms with Gasteiger partial charge in [-0.2, -0.15) is 0 Å². The van der Waals surface area contributed by atoms with Crippen molar-refractivity contribution in [2.24, 2.45) is 0 Å². The molecule has 6 heteroatoms. The van der Waals surface area contributed by atoms with E-state index in [0.29, 0.717) is 23.6 Å². The Hall–Kier alpha value is -1.46. The maximum Gasteiger partial charge on any atom is 0.258 e. The third kappa shape index (κ3) is 3.60. The topological polar surface area (TPSA) is 50.8 Å². The van der Waals surface area contributed by atoms with E-state index in [9.17, 15) is 4.79 Å². The molecule has 1 aromatic carbocycles. The van der Waals surface area contributed by atoms with Crippen molar-refractivity contribution >= 4 is 18.3 Å². The molecule has 1 aromatic rings. The molecule has 0 aliphatic carbocycles. The zero-order valence-corrected chi connectivity index (χ0v) is 13.7. The Bertz CT molecular complexity index is 496. The second kappa shape index (κ2) is 7.52. The van der Waals surface area contributed by atoms with Crippen molar-refractivity contribution < 1.29 is 14.3 Å². The Morgan fingerprint density at radius 1 is 1.29 bits per heavy atom. The summed E-state index contributed by atoms with van der Waals surface area (Å²) in [5.41, 5.74) is 0.549. The number of carbonyl (C=O) groups is 1. The Balaban J connectivity index is 0.00000220. The van der Waals surface area contributed by atoms with Gasteiger partial charge in [0.25, 0.3) is 5.91 Å². The fraction of sp³-hybridized carbons (Fsp3) is 0.533. The zero-order chi connectivity index (χ0) is 14.7. The maximum atomic E-state index is 12.8. The van der Waals surface area contributed by atoms with Crippen LogP contribution in [0, 0.1) is 0 Å². The van der Waals surface area contributed by atoms with Gasteiger partial charge in [-0.1, -0.05) is 0 Å². The smallest absolute Gasteiger partial charge is 0.258 e. The Morgan fingerprint density at radius 2 is 2.00 bits per heavy atom. The minimum Gasteiger partial charge on any atom is -0.497 e. The van der Waals surface area contributed by atoms with Gasteiger partial charge in [0.15, 0.2) is 0 Å². The van der Waals surface area contributed by atoms with E-state index in [0.717, 1.165) is 6.54 Å². The molecular weight excluding hydrogens is 292 g/mol. The van der Waals surface area contributed by atoms with Crippen molar-refractivity contribution in [2.45, 2.75) is 25.9 Å². The number of carbonyl (C=O) groups excluding carboxylic acids is 1. The molecule has 5 nitrogen and oxygen atoms in total. The van der Waals surface area contributed by atoms with Gasteiger partial charge in [-0.25, -0.2) is 0 Å². The van der Waals surface area contributed by atoms with E-state index in [1.807, 2.05) is 4.90 Å². The molecule has 21 heavy (non-hydrogen) atoms. The summed E-state index contributed by atoms with van der Waals surface area (Å²) >= 11 is 0. The molecule has 0 bridgehead atoms. The van der Waals surface area contributed by atoms with Gasteiger partial charge in [0.2, 0.25) is 0 Å². The number of halogens is 1. The predicted octanol–water partition coefficient (Wildman–Crippen LogP) is 1.95. The third-order valence-electron chi connectivity index (χ3n) is 3.93. The van der Waals surface area contributed by atoms with Crippen molar-refractivity contribution in [3.63, 3.8) is 0 Å². The maximum absolute atomic E-state index is 12.8. The van der Waals surface area contributed by atoms with Crippen molar-refractivity contribution in [3.8, 4) is 11.5 Å². The first-order valence-corrected chi connectivity index (χ1v) is 6.85. The SMILES string of the molecule is COc1ccc(OC)c(C(=O)N2CCNC(C)C2C)c1.Cl. The van der Waals surface area contributed by atoms with Gasteiger partial charge in [0.1, 0.15) is 11.5 Å². The summed E-state index contributed by atoms with van der Waals surface area (Å²) in [6.07, 6.45) is 0. The van der Waals surface area contributed by atoms with E-state index < -0.39 is 0 Å². The molecule has 1 fully saturated rings. The highest BCUT2D eigenvalue weighted by Gasteiger charge is 2.30.